The largest absolute Gasteiger partial charge is 0.508 e. The van der Waals surface area contributed by atoms with Gasteiger partial charge < -0.3 is 20.1 Å². The molecular weight excluding hydrogens is 388 g/mol. The van der Waals surface area contributed by atoms with E-state index in [9.17, 15) is 5.11 Å². The highest BCUT2D eigenvalue weighted by molar-refractivity contribution is 6.27. The Hall–Kier alpha value is -3.10. The number of aliphatic carboxylic acids is 2. The molecule has 3 N–H and O–H groups in total. The molecule has 162 valence electrons. The van der Waals surface area contributed by atoms with Crippen LogP contribution in [-0.2, 0) is 22.7 Å². The van der Waals surface area contributed by atoms with Crippen LogP contribution in [0.2, 0.25) is 0 Å². The van der Waals surface area contributed by atoms with Crippen molar-refractivity contribution in [1.82, 2.24) is 9.80 Å². The molecule has 1 saturated heterocycles. The molecular formula is C22H28N2O6. The molecule has 8 nitrogen and oxygen atoms in total. The zero-order chi connectivity index (χ0) is 22.1. The van der Waals surface area contributed by atoms with E-state index in [4.69, 9.17) is 24.5 Å². The Morgan fingerprint density at radius 1 is 0.900 bits per heavy atom. The quantitative estimate of drug-likeness (QED) is 0.636. The summed E-state index contributed by atoms with van der Waals surface area (Å²) in [5.41, 5.74) is 3.61. The minimum atomic E-state index is -1.82. The van der Waals surface area contributed by atoms with E-state index in [1.807, 2.05) is 6.07 Å². The smallest absolute Gasteiger partial charge is 0.414 e. The van der Waals surface area contributed by atoms with Crippen molar-refractivity contribution in [2.75, 3.05) is 33.3 Å². The molecule has 30 heavy (non-hydrogen) atoms. The molecule has 0 bridgehead atoms. The minimum Gasteiger partial charge on any atom is -0.508 e. The first kappa shape index (κ1) is 23.2. The first-order valence-electron chi connectivity index (χ1n) is 9.61. The number of rotatable bonds is 5. The van der Waals surface area contributed by atoms with E-state index in [-0.39, 0.29) is 0 Å². The fraction of sp³-hybridized carbons (Fsp3) is 0.364. The Morgan fingerprint density at radius 3 is 1.93 bits per heavy atom. The predicted molar refractivity (Wildman–Crippen MR) is 112 cm³/mol. The van der Waals surface area contributed by atoms with E-state index in [0.717, 1.165) is 50.6 Å². The fourth-order valence-electron chi connectivity index (χ4n) is 3.11. The van der Waals surface area contributed by atoms with Gasteiger partial charge >= 0.3 is 11.9 Å². The summed E-state index contributed by atoms with van der Waals surface area (Å²) in [5, 5.41) is 24.8. The summed E-state index contributed by atoms with van der Waals surface area (Å²) in [5.74, 6) is -2.51. The highest BCUT2D eigenvalue weighted by Crippen LogP contribution is 2.24. The number of nitrogens with zero attached hydrogens (tertiary/aromatic N) is 2. The second-order valence-electron chi connectivity index (χ2n) is 7.14. The Bertz CT molecular complexity index is 833. The van der Waals surface area contributed by atoms with Crippen LogP contribution in [0, 0.1) is 6.92 Å². The van der Waals surface area contributed by atoms with Crippen LogP contribution in [0.15, 0.2) is 42.5 Å². The van der Waals surface area contributed by atoms with Crippen LogP contribution in [0.25, 0.3) is 0 Å². The highest BCUT2D eigenvalue weighted by atomic mass is 16.5. The van der Waals surface area contributed by atoms with Gasteiger partial charge in [-0.1, -0.05) is 29.8 Å². The lowest BCUT2D eigenvalue weighted by Crippen LogP contribution is -2.45. The number of methoxy groups -OCH3 is 1. The molecule has 2 aromatic carbocycles. The molecule has 1 aliphatic rings. The zero-order valence-electron chi connectivity index (χ0n) is 17.2. The molecule has 1 heterocycles. The van der Waals surface area contributed by atoms with Crippen LogP contribution < -0.4 is 4.74 Å². The van der Waals surface area contributed by atoms with Crippen molar-refractivity contribution in [3.63, 3.8) is 0 Å². The van der Waals surface area contributed by atoms with Crippen molar-refractivity contribution in [3.8, 4) is 11.5 Å². The molecule has 0 spiro atoms. The van der Waals surface area contributed by atoms with Crippen molar-refractivity contribution in [1.29, 1.82) is 0 Å². The Labute approximate surface area is 175 Å². The summed E-state index contributed by atoms with van der Waals surface area (Å²) < 4.78 is 5.25. The Kier molecular flexibility index (Phi) is 8.64. The monoisotopic (exact) mass is 416 g/mol. The van der Waals surface area contributed by atoms with Crippen LogP contribution >= 0.6 is 0 Å². The summed E-state index contributed by atoms with van der Waals surface area (Å²) in [4.78, 5) is 23.1. The van der Waals surface area contributed by atoms with Gasteiger partial charge in [-0.3, -0.25) is 9.80 Å². The third-order valence-corrected chi connectivity index (χ3v) is 4.86. The average Bonchev–Trinajstić information content (AvgIpc) is 2.73. The van der Waals surface area contributed by atoms with Gasteiger partial charge in [-0.15, -0.1) is 0 Å². The Morgan fingerprint density at radius 2 is 1.43 bits per heavy atom. The number of carbonyl (C=O) groups is 2. The molecule has 8 heteroatoms. The number of phenolic OH excluding ortho intramolecular Hbond substituents is 1. The van der Waals surface area contributed by atoms with E-state index in [2.05, 4.69) is 41.0 Å². The van der Waals surface area contributed by atoms with E-state index >= 15 is 0 Å². The second-order valence-corrected chi connectivity index (χ2v) is 7.14. The van der Waals surface area contributed by atoms with Crippen LogP contribution in [0.5, 0.6) is 11.5 Å². The lowest BCUT2D eigenvalue weighted by Gasteiger charge is -2.34. The highest BCUT2D eigenvalue weighted by Gasteiger charge is 2.18. The van der Waals surface area contributed by atoms with Crippen molar-refractivity contribution >= 4 is 11.9 Å². The van der Waals surface area contributed by atoms with E-state index < -0.39 is 11.9 Å². The molecule has 1 aliphatic heterocycles. The normalized spacial score (nSPS) is 14.5. The second kappa shape index (κ2) is 11.2. The first-order chi connectivity index (χ1) is 14.3. The molecule has 0 aromatic heterocycles. The first-order valence-corrected chi connectivity index (χ1v) is 9.61. The molecule has 0 unspecified atom stereocenters. The third kappa shape index (κ3) is 7.38. The van der Waals surface area contributed by atoms with Crippen molar-refractivity contribution in [3.05, 3.63) is 59.2 Å². The number of benzene rings is 2. The summed E-state index contributed by atoms with van der Waals surface area (Å²) in [7, 11) is 1.65. The fourth-order valence-corrected chi connectivity index (χ4v) is 3.11. The SMILES string of the molecule is COc1ccc(O)c(CN2CCN(Cc3ccc(C)cc3)CC2)c1.O=C(O)C(=O)O. The number of carboxylic acids is 2. The van der Waals surface area contributed by atoms with Gasteiger partial charge in [0.25, 0.3) is 0 Å². The maximum atomic E-state index is 10.0. The molecule has 0 amide bonds. The van der Waals surface area contributed by atoms with Gasteiger partial charge in [-0.2, -0.15) is 0 Å². The maximum Gasteiger partial charge on any atom is 0.414 e. The molecule has 0 atom stereocenters. The molecule has 0 saturated carbocycles. The summed E-state index contributed by atoms with van der Waals surface area (Å²) >= 11 is 0. The van der Waals surface area contributed by atoms with Crippen LogP contribution in [0.3, 0.4) is 0 Å². The predicted octanol–water partition coefficient (Wildman–Crippen LogP) is 2.18. The van der Waals surface area contributed by atoms with Crippen molar-refractivity contribution < 1.29 is 29.6 Å². The van der Waals surface area contributed by atoms with E-state index in [1.165, 1.54) is 11.1 Å². The number of aryl methyl sites for hydroxylation is 1. The van der Waals surface area contributed by atoms with Gasteiger partial charge in [0.05, 0.1) is 7.11 Å². The van der Waals surface area contributed by atoms with E-state index in [1.54, 1.807) is 19.2 Å². The number of carboxylic acid groups (broad SMARTS) is 2. The van der Waals surface area contributed by atoms with Gasteiger partial charge in [0.15, 0.2) is 0 Å². The van der Waals surface area contributed by atoms with Gasteiger partial charge in [-0.25, -0.2) is 9.59 Å². The molecule has 2 aromatic rings. The summed E-state index contributed by atoms with van der Waals surface area (Å²) in [6, 6.07) is 14.2. The number of hydrogen-bond acceptors (Lipinski definition) is 6. The van der Waals surface area contributed by atoms with Gasteiger partial charge in [0.2, 0.25) is 0 Å². The molecule has 0 aliphatic carbocycles. The average molecular weight is 416 g/mol. The standard InChI is InChI=1S/C20H26N2O2.C2H2O4/c1-16-3-5-17(6-4-16)14-21-9-11-22(12-10-21)15-18-13-19(24-2)7-8-20(18)23;3-1(4)2(5)6/h3-8,13,23H,9-12,14-15H2,1-2H3;(H,3,4)(H,5,6). The van der Waals surface area contributed by atoms with Gasteiger partial charge in [0.1, 0.15) is 11.5 Å². The van der Waals surface area contributed by atoms with Crippen molar-refractivity contribution in [2.45, 2.75) is 20.0 Å². The zero-order valence-corrected chi connectivity index (χ0v) is 17.2. The Balaban J connectivity index is 0.000000469. The number of phenols is 1. The van der Waals surface area contributed by atoms with Crippen LogP contribution in [0.1, 0.15) is 16.7 Å². The number of piperazine rings is 1. The van der Waals surface area contributed by atoms with Crippen molar-refractivity contribution in [2.24, 2.45) is 0 Å². The van der Waals surface area contributed by atoms with Crippen LogP contribution in [0.4, 0.5) is 0 Å². The number of aromatic hydroxyl groups is 1. The minimum absolute atomic E-state index is 0.345. The third-order valence-electron chi connectivity index (χ3n) is 4.86. The van der Waals surface area contributed by atoms with Gasteiger partial charge in [-0.05, 0) is 30.7 Å². The summed E-state index contributed by atoms with van der Waals surface area (Å²) in [6.07, 6.45) is 0. The number of ether oxygens (including phenoxy) is 1. The lowest BCUT2D eigenvalue weighted by atomic mass is 10.1. The van der Waals surface area contributed by atoms with Crippen LogP contribution in [-0.4, -0.2) is 70.3 Å². The molecule has 0 radical (unpaired) electrons. The number of hydrogen-bond donors (Lipinski definition) is 3. The lowest BCUT2D eigenvalue weighted by molar-refractivity contribution is -0.159. The van der Waals surface area contributed by atoms with E-state index in [0.29, 0.717) is 5.75 Å². The topological polar surface area (TPSA) is 111 Å². The van der Waals surface area contributed by atoms with Gasteiger partial charge in [0, 0.05) is 44.8 Å². The molecule has 3 rings (SSSR count). The summed E-state index contributed by atoms with van der Waals surface area (Å²) in [6.45, 7) is 8.04. The molecule has 1 fully saturated rings. The maximum absolute atomic E-state index is 10.0.